The smallest absolute Gasteiger partial charge is 0.226 e. The lowest BCUT2D eigenvalue weighted by atomic mass is 9.81. The Labute approximate surface area is 122 Å². The molecule has 2 fully saturated rings. The maximum Gasteiger partial charge on any atom is 0.226 e. The van der Waals surface area contributed by atoms with Gasteiger partial charge in [0.1, 0.15) is 0 Å². The molecular weight excluding hydrogens is 254 g/mol. The molecule has 1 atom stereocenters. The summed E-state index contributed by atoms with van der Waals surface area (Å²) in [5.74, 6) is 0.208. The molecule has 1 heterocycles. The molecule has 2 aliphatic rings. The molecule has 0 radical (unpaired) electrons. The van der Waals surface area contributed by atoms with Crippen LogP contribution in [-0.4, -0.2) is 38.4 Å². The molecule has 0 aromatic carbocycles. The fourth-order valence-electron chi connectivity index (χ4n) is 3.18. The van der Waals surface area contributed by atoms with E-state index >= 15 is 0 Å². The molecule has 1 amide bonds. The van der Waals surface area contributed by atoms with Gasteiger partial charge in [-0.1, -0.05) is 32.6 Å². The van der Waals surface area contributed by atoms with E-state index in [0.717, 1.165) is 32.3 Å². The third-order valence-corrected chi connectivity index (χ3v) is 4.61. The second-order valence-electron chi connectivity index (χ2n) is 6.44. The first-order valence-corrected chi connectivity index (χ1v) is 8.18. The Bertz CT molecular complexity index is 292. The van der Waals surface area contributed by atoms with Crippen LogP contribution in [-0.2, 0) is 14.3 Å². The molecule has 116 valence electrons. The first kappa shape index (κ1) is 15.8. The standard InChI is InChI=1S/C16H29NO3/c1-16(8-4-2-3-5-9-16)15(18)17-10-12-19-13-14-7-6-11-20-14/h14H,2-13H2,1H3,(H,17,18)/t14-/m0/s1. The van der Waals surface area contributed by atoms with E-state index in [-0.39, 0.29) is 17.4 Å². The van der Waals surface area contributed by atoms with Gasteiger partial charge < -0.3 is 14.8 Å². The number of nitrogens with one attached hydrogen (secondary N) is 1. The van der Waals surface area contributed by atoms with E-state index < -0.39 is 0 Å². The minimum absolute atomic E-state index is 0.162. The zero-order chi connectivity index (χ0) is 14.3. The van der Waals surface area contributed by atoms with Crippen LogP contribution in [0.1, 0.15) is 58.3 Å². The Morgan fingerprint density at radius 3 is 2.65 bits per heavy atom. The summed E-state index contributed by atoms with van der Waals surface area (Å²) in [5, 5.41) is 3.04. The van der Waals surface area contributed by atoms with Crippen molar-refractivity contribution >= 4 is 5.91 Å². The maximum absolute atomic E-state index is 12.3. The molecule has 20 heavy (non-hydrogen) atoms. The number of carbonyl (C=O) groups excluding carboxylic acids is 1. The summed E-state index contributed by atoms with van der Waals surface area (Å²) < 4.78 is 11.1. The van der Waals surface area contributed by atoms with E-state index in [2.05, 4.69) is 12.2 Å². The Kier molecular flexibility index (Phi) is 6.30. The minimum Gasteiger partial charge on any atom is -0.377 e. The molecule has 0 spiro atoms. The van der Waals surface area contributed by atoms with Gasteiger partial charge in [-0.25, -0.2) is 0 Å². The summed E-state index contributed by atoms with van der Waals surface area (Å²) in [5.41, 5.74) is -0.162. The van der Waals surface area contributed by atoms with Crippen molar-refractivity contribution in [3.05, 3.63) is 0 Å². The molecule has 1 aliphatic carbocycles. The summed E-state index contributed by atoms with van der Waals surface area (Å²) in [7, 11) is 0. The second-order valence-corrected chi connectivity index (χ2v) is 6.44. The zero-order valence-corrected chi connectivity index (χ0v) is 12.8. The van der Waals surface area contributed by atoms with Crippen LogP contribution in [0.3, 0.4) is 0 Å². The van der Waals surface area contributed by atoms with Gasteiger partial charge in [0, 0.05) is 18.6 Å². The van der Waals surface area contributed by atoms with Crippen molar-refractivity contribution in [3.8, 4) is 0 Å². The number of carbonyl (C=O) groups is 1. The van der Waals surface area contributed by atoms with E-state index in [1.165, 1.54) is 25.7 Å². The van der Waals surface area contributed by atoms with Crippen LogP contribution in [0, 0.1) is 5.41 Å². The highest BCUT2D eigenvalue weighted by molar-refractivity contribution is 5.82. The third-order valence-electron chi connectivity index (χ3n) is 4.61. The Morgan fingerprint density at radius 1 is 1.25 bits per heavy atom. The van der Waals surface area contributed by atoms with Crippen molar-refractivity contribution in [2.45, 2.75) is 64.4 Å². The van der Waals surface area contributed by atoms with E-state index in [1.807, 2.05) is 0 Å². The Balaban J connectivity index is 1.58. The largest absolute Gasteiger partial charge is 0.377 e. The average Bonchev–Trinajstić information content (AvgIpc) is 2.85. The van der Waals surface area contributed by atoms with Crippen LogP contribution in [0.25, 0.3) is 0 Å². The third kappa shape index (κ3) is 4.74. The first-order valence-electron chi connectivity index (χ1n) is 8.18. The van der Waals surface area contributed by atoms with Gasteiger partial charge in [0.15, 0.2) is 0 Å². The predicted molar refractivity (Wildman–Crippen MR) is 78.6 cm³/mol. The summed E-state index contributed by atoms with van der Waals surface area (Å²) in [6.45, 7) is 4.83. The molecule has 4 nitrogen and oxygen atoms in total. The van der Waals surface area contributed by atoms with Crippen molar-refractivity contribution in [2.75, 3.05) is 26.4 Å². The number of ether oxygens (including phenoxy) is 2. The van der Waals surface area contributed by atoms with E-state index in [4.69, 9.17) is 9.47 Å². The van der Waals surface area contributed by atoms with Crippen LogP contribution in [0.5, 0.6) is 0 Å². The highest BCUT2D eigenvalue weighted by atomic mass is 16.5. The number of amides is 1. The average molecular weight is 283 g/mol. The summed E-state index contributed by atoms with van der Waals surface area (Å²) in [6, 6.07) is 0. The topological polar surface area (TPSA) is 47.6 Å². The van der Waals surface area contributed by atoms with Gasteiger partial charge in [0.25, 0.3) is 0 Å². The fourth-order valence-corrected chi connectivity index (χ4v) is 3.18. The van der Waals surface area contributed by atoms with Gasteiger partial charge in [-0.05, 0) is 25.7 Å². The normalized spacial score (nSPS) is 26.1. The fraction of sp³-hybridized carbons (Fsp3) is 0.938. The molecule has 1 saturated carbocycles. The van der Waals surface area contributed by atoms with Gasteiger partial charge in [0.05, 0.1) is 19.3 Å². The van der Waals surface area contributed by atoms with Gasteiger partial charge >= 0.3 is 0 Å². The minimum atomic E-state index is -0.162. The summed E-state index contributed by atoms with van der Waals surface area (Å²) in [6.07, 6.45) is 9.46. The van der Waals surface area contributed by atoms with Crippen molar-refractivity contribution in [1.29, 1.82) is 0 Å². The number of hydrogen-bond donors (Lipinski definition) is 1. The number of rotatable bonds is 6. The molecule has 1 aliphatic heterocycles. The first-order chi connectivity index (χ1) is 9.71. The zero-order valence-electron chi connectivity index (χ0n) is 12.8. The highest BCUT2D eigenvalue weighted by Crippen LogP contribution is 2.34. The van der Waals surface area contributed by atoms with Crippen molar-refractivity contribution < 1.29 is 14.3 Å². The van der Waals surface area contributed by atoms with Gasteiger partial charge in [-0.15, -0.1) is 0 Å². The molecule has 4 heteroatoms. The van der Waals surface area contributed by atoms with Gasteiger partial charge in [-0.3, -0.25) is 4.79 Å². The Hall–Kier alpha value is -0.610. The van der Waals surface area contributed by atoms with E-state index in [0.29, 0.717) is 19.8 Å². The highest BCUT2D eigenvalue weighted by Gasteiger charge is 2.33. The molecule has 0 aromatic rings. The van der Waals surface area contributed by atoms with Crippen LogP contribution in [0.2, 0.25) is 0 Å². The van der Waals surface area contributed by atoms with Gasteiger partial charge in [-0.2, -0.15) is 0 Å². The quantitative estimate of drug-likeness (QED) is 0.602. The van der Waals surface area contributed by atoms with Crippen molar-refractivity contribution in [1.82, 2.24) is 5.32 Å². The Morgan fingerprint density at radius 2 is 2.00 bits per heavy atom. The second kappa shape index (κ2) is 7.99. The summed E-state index contributed by atoms with van der Waals surface area (Å²) in [4.78, 5) is 12.3. The van der Waals surface area contributed by atoms with E-state index in [1.54, 1.807) is 0 Å². The molecule has 0 aromatic heterocycles. The molecular formula is C16H29NO3. The van der Waals surface area contributed by atoms with Crippen molar-refractivity contribution in [2.24, 2.45) is 5.41 Å². The predicted octanol–water partition coefficient (Wildman–Crippen LogP) is 2.66. The molecule has 0 bridgehead atoms. The van der Waals surface area contributed by atoms with Crippen molar-refractivity contribution in [3.63, 3.8) is 0 Å². The molecule has 0 unspecified atom stereocenters. The summed E-state index contributed by atoms with van der Waals surface area (Å²) >= 11 is 0. The van der Waals surface area contributed by atoms with Crippen LogP contribution in [0.15, 0.2) is 0 Å². The molecule has 1 saturated heterocycles. The molecule has 2 rings (SSSR count). The van der Waals surface area contributed by atoms with Crippen LogP contribution >= 0.6 is 0 Å². The number of hydrogen-bond acceptors (Lipinski definition) is 3. The lowest BCUT2D eigenvalue weighted by Crippen LogP contribution is -2.40. The van der Waals surface area contributed by atoms with Gasteiger partial charge in [0.2, 0.25) is 5.91 Å². The SMILES string of the molecule is CC1(C(=O)NCCOC[C@@H]2CCCO2)CCCCCC1. The lowest BCUT2D eigenvalue weighted by Gasteiger charge is -2.26. The van der Waals surface area contributed by atoms with E-state index in [9.17, 15) is 4.79 Å². The maximum atomic E-state index is 12.3. The monoisotopic (exact) mass is 283 g/mol. The molecule has 1 N–H and O–H groups in total. The lowest BCUT2D eigenvalue weighted by molar-refractivity contribution is -0.131. The van der Waals surface area contributed by atoms with Crippen LogP contribution in [0.4, 0.5) is 0 Å². The van der Waals surface area contributed by atoms with Crippen LogP contribution < -0.4 is 5.32 Å².